The average Bonchev–Trinajstić information content (AvgIpc) is 2.52. The topological polar surface area (TPSA) is 168 Å². The zero-order valence-electron chi connectivity index (χ0n) is 15.0. The number of aliphatic hydroxyl groups excluding tert-OH is 2. The van der Waals surface area contributed by atoms with Crippen molar-refractivity contribution in [2.75, 3.05) is 11.0 Å². The van der Waals surface area contributed by atoms with Crippen molar-refractivity contribution < 1.29 is 39.1 Å². The smallest absolute Gasteiger partial charge is 0.229 e. The maximum Gasteiger partial charge on any atom is 0.229 e. The Bertz CT molecular complexity index is 1000. The Morgan fingerprint density at radius 3 is 1.79 bits per heavy atom. The third-order valence-electron chi connectivity index (χ3n) is 4.93. The van der Waals surface area contributed by atoms with Gasteiger partial charge in [0.15, 0.2) is 0 Å². The molecule has 2 aromatic carbocycles. The molecule has 0 bridgehead atoms. The minimum atomic E-state index is -3.77. The molecule has 0 radical (unpaired) electrons. The molecular weight excluding hydrogens is 390 g/mol. The second-order valence-corrected chi connectivity index (χ2v) is 8.78. The maximum atomic E-state index is 11.6. The van der Waals surface area contributed by atoms with Crippen molar-refractivity contribution in [2.24, 2.45) is 0 Å². The summed E-state index contributed by atoms with van der Waals surface area (Å²) in [5.41, 5.74) is 0.442. The highest BCUT2D eigenvalue weighted by Crippen LogP contribution is 2.55. The molecule has 10 heteroatoms. The number of anilines is 1. The summed E-state index contributed by atoms with van der Waals surface area (Å²) in [7, 11) is -3.77. The van der Waals surface area contributed by atoms with Gasteiger partial charge in [0.25, 0.3) is 0 Å². The quantitative estimate of drug-likeness (QED) is 0.387. The molecule has 1 fully saturated rings. The molecule has 0 saturated heterocycles. The van der Waals surface area contributed by atoms with Crippen molar-refractivity contribution in [3.05, 3.63) is 41.0 Å². The number of sulfonamides is 1. The van der Waals surface area contributed by atoms with Crippen LogP contribution in [-0.4, -0.2) is 57.5 Å². The predicted molar refractivity (Wildman–Crippen MR) is 100 cm³/mol. The van der Waals surface area contributed by atoms with Crippen LogP contribution in [0.3, 0.4) is 0 Å². The fourth-order valence-corrected chi connectivity index (χ4v) is 4.41. The first-order chi connectivity index (χ1) is 12.9. The summed E-state index contributed by atoms with van der Waals surface area (Å²) in [6, 6.07) is 4.49. The van der Waals surface area contributed by atoms with Crippen LogP contribution < -0.4 is 4.72 Å². The van der Waals surface area contributed by atoms with Crippen molar-refractivity contribution in [3.8, 4) is 23.0 Å². The molecule has 0 aliphatic heterocycles. The van der Waals surface area contributed by atoms with Gasteiger partial charge in [-0.1, -0.05) is 0 Å². The minimum Gasteiger partial charge on any atom is -0.508 e. The van der Waals surface area contributed by atoms with E-state index in [-0.39, 0.29) is 28.3 Å². The summed E-state index contributed by atoms with van der Waals surface area (Å²) in [5, 5.41) is 61.0. The van der Waals surface area contributed by atoms with Crippen molar-refractivity contribution in [1.29, 1.82) is 0 Å². The third-order valence-corrected chi connectivity index (χ3v) is 5.52. The zero-order valence-corrected chi connectivity index (χ0v) is 15.8. The zero-order chi connectivity index (χ0) is 21.0. The maximum absolute atomic E-state index is 11.6. The Labute approximate surface area is 161 Å². The normalized spacial score (nSPS) is 24.6. The molecule has 2 aromatic rings. The number of aliphatic hydroxyl groups is 2. The summed E-state index contributed by atoms with van der Waals surface area (Å²) in [6.45, 7) is 1.59. The lowest BCUT2D eigenvalue weighted by molar-refractivity contribution is -0.0797. The van der Waals surface area contributed by atoms with Gasteiger partial charge in [-0.15, -0.1) is 0 Å². The third kappa shape index (κ3) is 3.41. The highest BCUT2D eigenvalue weighted by Gasteiger charge is 2.53. The molecule has 0 spiro atoms. The van der Waals surface area contributed by atoms with Crippen molar-refractivity contribution in [3.63, 3.8) is 0 Å². The van der Waals surface area contributed by atoms with E-state index < -0.39 is 45.6 Å². The Morgan fingerprint density at radius 1 is 0.821 bits per heavy atom. The molecule has 0 aromatic heterocycles. The first-order valence-corrected chi connectivity index (χ1v) is 10.2. The van der Waals surface area contributed by atoms with E-state index in [4.69, 9.17) is 0 Å². The largest absolute Gasteiger partial charge is 0.508 e. The van der Waals surface area contributed by atoms with Gasteiger partial charge in [-0.2, -0.15) is 0 Å². The first-order valence-electron chi connectivity index (χ1n) is 8.33. The van der Waals surface area contributed by atoms with Crippen LogP contribution in [0.2, 0.25) is 0 Å². The van der Waals surface area contributed by atoms with Gasteiger partial charge in [-0.25, -0.2) is 8.42 Å². The summed E-state index contributed by atoms with van der Waals surface area (Å²) in [4.78, 5) is 0. The van der Waals surface area contributed by atoms with Crippen LogP contribution in [0.1, 0.15) is 28.5 Å². The van der Waals surface area contributed by atoms with Crippen LogP contribution in [0.15, 0.2) is 24.3 Å². The minimum absolute atomic E-state index is 0.0737. The average molecular weight is 411 g/mol. The van der Waals surface area contributed by atoms with Gasteiger partial charge < -0.3 is 30.6 Å². The number of rotatable bonds is 4. The van der Waals surface area contributed by atoms with E-state index in [0.717, 1.165) is 24.5 Å². The number of hydrogen-bond acceptors (Lipinski definition) is 8. The Morgan fingerprint density at radius 2 is 1.29 bits per heavy atom. The van der Waals surface area contributed by atoms with E-state index in [1.54, 1.807) is 6.92 Å². The van der Waals surface area contributed by atoms with Crippen LogP contribution in [0.5, 0.6) is 23.0 Å². The highest BCUT2D eigenvalue weighted by atomic mass is 32.2. The SMILES string of the molecule is Cc1cc(O)cc(O)c1C1C(O)C(c2c(O)cc(O)cc2NS(C)(=O)=O)C1O. The Balaban J connectivity index is 2.04. The fourth-order valence-electron chi connectivity index (χ4n) is 3.84. The molecule has 2 atom stereocenters. The molecular formula is C18H21NO8S. The molecule has 2 unspecified atom stereocenters. The Hall–Kier alpha value is -2.69. The monoisotopic (exact) mass is 411 g/mol. The number of hydrogen-bond donors (Lipinski definition) is 7. The lowest BCUT2D eigenvalue weighted by atomic mass is 9.62. The van der Waals surface area contributed by atoms with Gasteiger partial charge >= 0.3 is 0 Å². The van der Waals surface area contributed by atoms with Crippen molar-refractivity contribution in [1.82, 2.24) is 0 Å². The number of aryl methyl sites for hydroxylation is 1. The summed E-state index contributed by atoms with van der Waals surface area (Å²) in [6.07, 6.45) is -1.68. The van der Waals surface area contributed by atoms with E-state index >= 15 is 0 Å². The molecule has 7 N–H and O–H groups in total. The predicted octanol–water partition coefficient (Wildman–Crippen LogP) is 0.792. The lowest BCUT2D eigenvalue weighted by Gasteiger charge is -2.48. The van der Waals surface area contributed by atoms with Gasteiger partial charge in [0.1, 0.15) is 23.0 Å². The molecule has 1 saturated carbocycles. The molecule has 1 aliphatic carbocycles. The van der Waals surface area contributed by atoms with E-state index in [1.807, 2.05) is 0 Å². The molecule has 3 rings (SSSR count). The van der Waals surface area contributed by atoms with Gasteiger partial charge in [-0.05, 0) is 18.6 Å². The van der Waals surface area contributed by atoms with Crippen LogP contribution in [0.4, 0.5) is 5.69 Å². The number of benzene rings is 2. The lowest BCUT2D eigenvalue weighted by Crippen LogP contribution is -2.52. The van der Waals surface area contributed by atoms with Gasteiger partial charge in [0.2, 0.25) is 10.0 Å². The summed E-state index contributed by atoms with van der Waals surface area (Å²) in [5.74, 6) is -3.39. The molecule has 0 amide bonds. The van der Waals surface area contributed by atoms with Crippen LogP contribution in [-0.2, 0) is 10.0 Å². The van der Waals surface area contributed by atoms with Crippen molar-refractivity contribution >= 4 is 15.7 Å². The van der Waals surface area contributed by atoms with Crippen LogP contribution in [0.25, 0.3) is 0 Å². The van der Waals surface area contributed by atoms with Gasteiger partial charge in [-0.3, -0.25) is 4.72 Å². The number of nitrogens with one attached hydrogen (secondary N) is 1. The van der Waals surface area contributed by atoms with Gasteiger partial charge in [0.05, 0.1) is 24.2 Å². The molecule has 0 heterocycles. The molecule has 28 heavy (non-hydrogen) atoms. The van der Waals surface area contributed by atoms with Crippen LogP contribution in [0, 0.1) is 6.92 Å². The number of phenols is 4. The fraction of sp³-hybridized carbons (Fsp3) is 0.333. The van der Waals surface area contributed by atoms with E-state index in [9.17, 15) is 39.1 Å². The standard InChI is InChI=1S/C18H21NO8S/c1-7-3-8(20)5-11(22)13(7)15-17(24)16(18(15)25)14-10(19-28(2,26)27)4-9(21)6-12(14)23/h3-6,15-25H,1-2H3. The van der Waals surface area contributed by atoms with E-state index in [1.165, 1.54) is 6.07 Å². The molecule has 152 valence electrons. The highest BCUT2D eigenvalue weighted by molar-refractivity contribution is 7.92. The number of aromatic hydroxyl groups is 4. The Kier molecular flexibility index (Phi) is 4.82. The van der Waals surface area contributed by atoms with Crippen LogP contribution >= 0.6 is 0 Å². The number of phenolic OH excluding ortho intramolecular Hbond substituents is 4. The summed E-state index contributed by atoms with van der Waals surface area (Å²) < 4.78 is 25.4. The summed E-state index contributed by atoms with van der Waals surface area (Å²) >= 11 is 0. The molecule has 9 nitrogen and oxygen atoms in total. The second kappa shape index (κ2) is 6.73. The second-order valence-electron chi connectivity index (χ2n) is 7.03. The van der Waals surface area contributed by atoms with Crippen molar-refractivity contribution in [2.45, 2.75) is 31.0 Å². The van der Waals surface area contributed by atoms with E-state index in [2.05, 4.69) is 4.72 Å². The van der Waals surface area contributed by atoms with Gasteiger partial charge in [0, 0.05) is 41.2 Å². The van der Waals surface area contributed by atoms with E-state index in [0.29, 0.717) is 5.56 Å². The first kappa shape index (κ1) is 20.1. The molecule has 1 aliphatic rings.